The van der Waals surface area contributed by atoms with Crippen LogP contribution < -0.4 is 0 Å². The molecule has 0 aliphatic carbocycles. The molecule has 0 saturated carbocycles. The molecule has 0 nitrogen and oxygen atoms in total. The van der Waals surface area contributed by atoms with E-state index in [-0.39, 0.29) is 23.1 Å². The summed E-state index contributed by atoms with van der Waals surface area (Å²) in [5.41, 5.74) is 3.99. The summed E-state index contributed by atoms with van der Waals surface area (Å²) in [5.74, 6) is -0.963. The van der Waals surface area contributed by atoms with Crippen LogP contribution in [0.4, 0.5) is 48.3 Å². The van der Waals surface area contributed by atoms with E-state index < -0.39 is 60.5 Å². The third-order valence-corrected chi connectivity index (χ3v) is 20.6. The Hall–Kier alpha value is -4.35. The number of halogens is 15. The first kappa shape index (κ1) is 50.2. The average Bonchev–Trinajstić information content (AvgIpc) is 3.64. The van der Waals surface area contributed by atoms with Gasteiger partial charge in [0.15, 0.2) is 0 Å². The Labute approximate surface area is 447 Å². The third-order valence-electron chi connectivity index (χ3n) is 12.6. The number of aryl methyl sites for hydroxylation is 1. The minimum atomic E-state index is -4.69. The summed E-state index contributed by atoms with van der Waals surface area (Å²) in [6, 6.07) is 39.5. The fourth-order valence-corrected chi connectivity index (χ4v) is 16.6. The maximum atomic E-state index is 15.5. The van der Waals surface area contributed by atoms with Gasteiger partial charge in [0.25, 0.3) is 0 Å². The molecule has 0 N–H and O–H groups in total. The van der Waals surface area contributed by atoms with Crippen molar-refractivity contribution in [2.24, 2.45) is 0 Å². The molecule has 0 amide bonds. The van der Waals surface area contributed by atoms with Crippen LogP contribution in [0, 0.1) is 29.3 Å². The molecule has 0 aromatic heterocycles. The van der Waals surface area contributed by atoms with Crippen molar-refractivity contribution >= 4 is 109 Å². The van der Waals surface area contributed by atoms with Crippen molar-refractivity contribution in [2.75, 3.05) is 0 Å². The van der Waals surface area contributed by atoms with Crippen LogP contribution in [0.2, 0.25) is 0 Å². The SMILES string of the molecule is Cc1ccc(C(F)(F)F)cc1-c1cc(C(F)(I)I)ccc1Cc1ccc2c(-c3ccc(F)cc3)c3cc(I4c5ccc(C(F)(F)F)cc5-c5cc(C(F)(F)I)ccc54)ccc3c(-c3ccc(F)cc3)c2c1. The number of rotatable bonds is 8. The Bertz CT molecular complexity index is 3530. The molecule has 15 heteroatoms. The quantitative estimate of drug-likeness (QED) is 0.0616. The van der Waals surface area contributed by atoms with E-state index in [1.165, 1.54) is 48.5 Å². The average molecular weight is 1420 g/mol. The van der Waals surface area contributed by atoms with Crippen molar-refractivity contribution < 1.29 is 48.3 Å². The number of alkyl halides is 12. The van der Waals surface area contributed by atoms with E-state index in [1.807, 2.05) is 36.4 Å². The van der Waals surface area contributed by atoms with Crippen LogP contribution in [0.5, 0.6) is 0 Å². The molecule has 9 aromatic carbocycles. The number of fused-ring (bicyclic) bond motifs is 5. The van der Waals surface area contributed by atoms with Crippen LogP contribution in [0.15, 0.2) is 158 Å². The van der Waals surface area contributed by atoms with Crippen molar-refractivity contribution in [3.8, 4) is 44.5 Å². The first-order valence-corrected chi connectivity index (χ1v) is 28.0. The number of hydrogen-bond acceptors (Lipinski definition) is 0. The summed E-state index contributed by atoms with van der Waals surface area (Å²) >= 11 is 1.33. The van der Waals surface area contributed by atoms with Crippen LogP contribution in [0.3, 0.4) is 0 Å². The van der Waals surface area contributed by atoms with Gasteiger partial charge in [0.2, 0.25) is 1.68 Å². The Morgan fingerprint density at radius 2 is 0.887 bits per heavy atom. The molecule has 0 fully saturated rings. The second-order valence-corrected chi connectivity index (χ2v) is 28.7. The van der Waals surface area contributed by atoms with Crippen molar-refractivity contribution in [1.82, 2.24) is 0 Å². The van der Waals surface area contributed by atoms with Gasteiger partial charge in [-0.1, -0.05) is 6.07 Å². The molecule has 1 aliphatic rings. The van der Waals surface area contributed by atoms with Crippen LogP contribution in [-0.4, -0.2) is 0 Å². The first-order valence-electron chi connectivity index (χ1n) is 21.5. The molecule has 9 aromatic rings. The predicted octanol–water partition coefficient (Wildman–Crippen LogP) is 20.0. The van der Waals surface area contributed by atoms with E-state index in [4.69, 9.17) is 0 Å². The molecule has 360 valence electrons. The molecule has 0 bridgehead atoms. The maximum absolute atomic E-state index is 15.5. The van der Waals surface area contributed by atoms with Crippen LogP contribution in [0.1, 0.15) is 38.9 Å². The van der Waals surface area contributed by atoms with Gasteiger partial charge >= 0.3 is 346 Å². The van der Waals surface area contributed by atoms with Gasteiger partial charge in [0.05, 0.1) is 5.56 Å². The van der Waals surface area contributed by atoms with Crippen LogP contribution in [0.25, 0.3) is 66.1 Å². The molecular weight excluding hydrogens is 1390 g/mol. The Morgan fingerprint density at radius 3 is 1.42 bits per heavy atom. The van der Waals surface area contributed by atoms with Gasteiger partial charge in [-0.3, -0.25) is 0 Å². The van der Waals surface area contributed by atoms with E-state index in [2.05, 4.69) is 0 Å². The molecule has 0 radical (unpaired) electrons. The van der Waals surface area contributed by atoms with Gasteiger partial charge < -0.3 is 0 Å². The van der Waals surface area contributed by atoms with Crippen molar-refractivity contribution in [3.05, 3.63) is 219 Å². The first-order chi connectivity index (χ1) is 33.4. The van der Waals surface area contributed by atoms with Crippen LogP contribution >= 0.6 is 87.6 Å². The molecular formula is C56H31F11I4. The normalized spacial score (nSPS) is 13.5. The molecule has 0 saturated heterocycles. The zero-order valence-corrected chi connectivity index (χ0v) is 45.0. The summed E-state index contributed by atoms with van der Waals surface area (Å²) in [7, 11) is 0. The van der Waals surface area contributed by atoms with Gasteiger partial charge in [-0.15, -0.1) is 0 Å². The van der Waals surface area contributed by atoms with Gasteiger partial charge in [-0.2, -0.15) is 13.2 Å². The minimum absolute atomic E-state index is 0.197. The van der Waals surface area contributed by atoms with Gasteiger partial charge in [-0.25, -0.2) is 4.39 Å². The van der Waals surface area contributed by atoms with Gasteiger partial charge in [0, 0.05) is 5.56 Å². The van der Waals surface area contributed by atoms with Crippen LogP contribution in [-0.2, 0) is 24.4 Å². The Kier molecular flexibility index (Phi) is 13.1. The summed E-state index contributed by atoms with van der Waals surface area (Å²) in [6.45, 7) is 1.70. The Morgan fingerprint density at radius 1 is 0.423 bits per heavy atom. The standard InChI is InChI=1S/C56H31F11I4/c1-29-2-9-34(53(59,60)61)24-43(29)44-27-37(56(67,69)70)10-4-33(44)22-30-3-18-41-47(23-30)51(31-5-13-38(57)14-6-31)42-19-17-40(28-48(42)52(41)32-7-15-39(58)16-8-32)71-49-20-11-35(54(62,63)64)25-45(49)46-26-36(55(65,66)68)12-21-50(46)71/h2-21,23-28H,22H2,1H3. The van der Waals surface area contributed by atoms with Gasteiger partial charge in [0.1, 0.15) is 0 Å². The van der Waals surface area contributed by atoms with E-state index in [0.29, 0.717) is 78.8 Å². The molecule has 10 rings (SSSR count). The third kappa shape index (κ3) is 9.69. The fraction of sp³-hybridized carbons (Fsp3) is 0.107. The zero-order chi connectivity index (χ0) is 50.5. The summed E-state index contributed by atoms with van der Waals surface area (Å²) in [5, 5.41) is 2.78. The summed E-state index contributed by atoms with van der Waals surface area (Å²) in [6.07, 6.45) is -9.12. The fourth-order valence-electron chi connectivity index (χ4n) is 9.29. The second kappa shape index (κ2) is 18.5. The van der Waals surface area contributed by atoms with E-state index in [1.54, 1.807) is 101 Å². The Balaban J connectivity index is 1.22. The molecule has 1 heterocycles. The van der Waals surface area contributed by atoms with E-state index in [9.17, 15) is 43.9 Å². The molecule has 71 heavy (non-hydrogen) atoms. The van der Waals surface area contributed by atoms with Crippen molar-refractivity contribution in [2.45, 2.75) is 31.3 Å². The molecule has 1 aliphatic heterocycles. The monoisotopic (exact) mass is 1420 g/mol. The summed E-state index contributed by atoms with van der Waals surface area (Å²) < 4.78 is 156. The van der Waals surface area contributed by atoms with Crippen molar-refractivity contribution in [1.29, 1.82) is 0 Å². The molecule has 0 spiro atoms. The molecule has 0 atom stereocenters. The van der Waals surface area contributed by atoms with Crippen molar-refractivity contribution in [3.63, 3.8) is 0 Å². The number of benzene rings is 9. The number of hydrogen-bond donors (Lipinski definition) is 0. The van der Waals surface area contributed by atoms with E-state index in [0.717, 1.165) is 56.0 Å². The van der Waals surface area contributed by atoms with Gasteiger partial charge in [-0.05, 0) is 69.8 Å². The predicted molar refractivity (Wildman–Crippen MR) is 292 cm³/mol. The molecule has 0 unspecified atom stereocenters. The summed E-state index contributed by atoms with van der Waals surface area (Å²) in [4.78, 5) is 0. The zero-order valence-electron chi connectivity index (χ0n) is 36.4. The van der Waals surface area contributed by atoms with E-state index >= 15 is 4.39 Å². The second-order valence-electron chi connectivity index (χ2n) is 17.1. The topological polar surface area (TPSA) is 0 Å².